The average molecular weight is 384 g/mol. The number of benzene rings is 2. The number of hydrogen-bond acceptors (Lipinski definition) is 5. The fraction of sp³-hybridized carbons (Fsp3) is 0.133. The number of anilines is 1. The van der Waals surface area contributed by atoms with E-state index in [1.165, 1.54) is 36.4 Å². The second kappa shape index (κ2) is 6.82. The molecule has 0 unspecified atom stereocenters. The molecule has 0 bridgehead atoms. The topological polar surface area (TPSA) is 144 Å². The highest BCUT2D eigenvalue weighted by Gasteiger charge is 2.18. The van der Waals surface area contributed by atoms with Crippen molar-refractivity contribution in [3.05, 3.63) is 59.2 Å². The van der Waals surface area contributed by atoms with Gasteiger partial charge in [0.15, 0.2) is 0 Å². The van der Waals surface area contributed by atoms with E-state index in [1.807, 2.05) is 0 Å². The van der Waals surface area contributed by atoms with Gasteiger partial charge in [0.1, 0.15) is 0 Å². The van der Waals surface area contributed by atoms with Gasteiger partial charge in [-0.25, -0.2) is 26.8 Å². The third kappa shape index (κ3) is 5.02. The molecule has 134 valence electrons. The van der Waals surface area contributed by atoms with Crippen molar-refractivity contribution < 1.29 is 26.7 Å². The Kier molecular flexibility index (Phi) is 5.16. The first-order valence-electron chi connectivity index (χ1n) is 6.94. The van der Waals surface area contributed by atoms with E-state index in [9.17, 15) is 21.6 Å². The molecule has 0 heterocycles. The Morgan fingerprint density at radius 3 is 2.40 bits per heavy atom. The molecule has 0 radical (unpaired) electrons. The maximum absolute atomic E-state index is 12.4. The minimum atomic E-state index is -4.04. The number of hydrogen-bond donors (Lipinski definition) is 3. The van der Waals surface area contributed by atoms with E-state index in [4.69, 9.17) is 10.2 Å². The highest BCUT2D eigenvalue weighted by atomic mass is 32.2. The Morgan fingerprint density at radius 2 is 1.80 bits per heavy atom. The quantitative estimate of drug-likeness (QED) is 0.684. The summed E-state index contributed by atoms with van der Waals surface area (Å²) in [4.78, 5) is 10.9. The lowest BCUT2D eigenvalue weighted by atomic mass is 10.1. The van der Waals surface area contributed by atoms with Gasteiger partial charge in [-0.15, -0.1) is 0 Å². The van der Waals surface area contributed by atoms with Crippen LogP contribution in [-0.2, 0) is 25.8 Å². The van der Waals surface area contributed by atoms with Crippen LogP contribution in [0.25, 0.3) is 0 Å². The molecule has 4 N–H and O–H groups in total. The van der Waals surface area contributed by atoms with Crippen molar-refractivity contribution in [2.75, 3.05) is 4.72 Å². The van der Waals surface area contributed by atoms with E-state index >= 15 is 0 Å². The number of nitrogens with one attached hydrogen (secondary N) is 1. The standard InChI is InChI=1S/C15H16N2O6S2/c1-10-5-6-13(8-14(10)15(18)19)25(22,23)17-12-4-2-3-11(7-12)9-24(16,20)21/h2-8,17H,9H2,1H3,(H,18,19)(H2,16,20,21). The van der Waals surface area contributed by atoms with E-state index in [2.05, 4.69) is 4.72 Å². The van der Waals surface area contributed by atoms with Crippen LogP contribution in [0.4, 0.5) is 5.69 Å². The average Bonchev–Trinajstić information content (AvgIpc) is 2.45. The van der Waals surface area contributed by atoms with Gasteiger partial charge >= 0.3 is 5.97 Å². The fourth-order valence-corrected chi connectivity index (χ4v) is 3.89. The van der Waals surface area contributed by atoms with Crippen molar-refractivity contribution >= 4 is 31.7 Å². The highest BCUT2D eigenvalue weighted by molar-refractivity contribution is 7.92. The molecular formula is C15H16N2O6S2. The number of aryl methyl sites for hydroxylation is 1. The van der Waals surface area contributed by atoms with Gasteiger partial charge in [0.25, 0.3) is 10.0 Å². The fourth-order valence-electron chi connectivity index (χ4n) is 2.17. The van der Waals surface area contributed by atoms with Crippen LogP contribution in [0.1, 0.15) is 21.5 Å². The van der Waals surface area contributed by atoms with Crippen molar-refractivity contribution in [2.24, 2.45) is 5.14 Å². The molecule has 0 aliphatic carbocycles. The molecule has 0 saturated carbocycles. The molecule has 0 amide bonds. The van der Waals surface area contributed by atoms with Crippen LogP contribution in [0.5, 0.6) is 0 Å². The van der Waals surface area contributed by atoms with Crippen LogP contribution >= 0.6 is 0 Å². The minimum absolute atomic E-state index is 0.120. The molecule has 2 aromatic carbocycles. The van der Waals surface area contributed by atoms with Gasteiger partial charge in [-0.1, -0.05) is 18.2 Å². The summed E-state index contributed by atoms with van der Waals surface area (Å²) in [5.74, 6) is -1.67. The van der Waals surface area contributed by atoms with Crippen LogP contribution in [0, 0.1) is 6.92 Å². The predicted molar refractivity (Wildman–Crippen MR) is 92.2 cm³/mol. The lowest BCUT2D eigenvalue weighted by Gasteiger charge is -2.11. The van der Waals surface area contributed by atoms with E-state index < -0.39 is 31.8 Å². The molecule has 10 heteroatoms. The maximum atomic E-state index is 12.4. The molecule has 0 saturated heterocycles. The van der Waals surface area contributed by atoms with Gasteiger partial charge in [-0.05, 0) is 42.3 Å². The van der Waals surface area contributed by atoms with Gasteiger partial charge < -0.3 is 5.11 Å². The molecule has 25 heavy (non-hydrogen) atoms. The molecule has 0 spiro atoms. The normalized spacial score (nSPS) is 11.9. The third-order valence-electron chi connectivity index (χ3n) is 3.30. The maximum Gasteiger partial charge on any atom is 0.335 e. The zero-order valence-electron chi connectivity index (χ0n) is 13.1. The van der Waals surface area contributed by atoms with Crippen molar-refractivity contribution in [1.82, 2.24) is 0 Å². The van der Waals surface area contributed by atoms with Crippen LogP contribution in [0.2, 0.25) is 0 Å². The molecule has 8 nitrogen and oxygen atoms in total. The SMILES string of the molecule is Cc1ccc(S(=O)(=O)Nc2cccc(CS(N)(=O)=O)c2)cc1C(=O)O. The number of rotatable bonds is 6. The summed E-state index contributed by atoms with van der Waals surface area (Å²) in [7, 11) is -7.79. The van der Waals surface area contributed by atoms with Crippen molar-refractivity contribution in [3.8, 4) is 0 Å². The number of aromatic carboxylic acids is 1. The minimum Gasteiger partial charge on any atom is -0.478 e. The molecule has 2 aromatic rings. The number of carboxylic acid groups (broad SMARTS) is 1. The lowest BCUT2D eigenvalue weighted by Crippen LogP contribution is -2.16. The molecule has 0 aromatic heterocycles. The predicted octanol–water partition coefficient (Wildman–Crippen LogP) is 1.28. The summed E-state index contributed by atoms with van der Waals surface area (Å²) in [6.45, 7) is 1.56. The summed E-state index contributed by atoms with van der Waals surface area (Å²) >= 11 is 0. The Morgan fingerprint density at radius 1 is 1.12 bits per heavy atom. The van der Waals surface area contributed by atoms with E-state index in [0.717, 1.165) is 6.07 Å². The van der Waals surface area contributed by atoms with Crippen LogP contribution < -0.4 is 9.86 Å². The summed E-state index contributed by atoms with van der Waals surface area (Å²) < 4.78 is 49.4. The zero-order chi connectivity index (χ0) is 18.8. The summed E-state index contributed by atoms with van der Waals surface area (Å²) in [5.41, 5.74) is 0.767. The first-order valence-corrected chi connectivity index (χ1v) is 10.1. The Balaban J connectivity index is 2.35. The molecule has 0 fully saturated rings. The summed E-state index contributed by atoms with van der Waals surface area (Å²) in [6.07, 6.45) is 0. The van der Waals surface area contributed by atoms with Gasteiger partial charge in [-0.2, -0.15) is 0 Å². The van der Waals surface area contributed by atoms with Crippen molar-refractivity contribution in [3.63, 3.8) is 0 Å². The van der Waals surface area contributed by atoms with Gasteiger partial charge in [0.2, 0.25) is 10.0 Å². The molecule has 2 rings (SSSR count). The molecule has 0 atom stereocenters. The first-order chi connectivity index (χ1) is 11.5. The lowest BCUT2D eigenvalue weighted by molar-refractivity contribution is 0.0696. The number of nitrogens with two attached hydrogens (primary N) is 1. The number of sulfonamides is 2. The molecular weight excluding hydrogens is 368 g/mol. The monoisotopic (exact) mass is 384 g/mol. The highest BCUT2D eigenvalue weighted by Crippen LogP contribution is 2.20. The van der Waals surface area contributed by atoms with E-state index in [0.29, 0.717) is 11.1 Å². The summed E-state index contributed by atoms with van der Waals surface area (Å²) in [6, 6.07) is 9.51. The van der Waals surface area contributed by atoms with Crippen LogP contribution in [0.15, 0.2) is 47.4 Å². The largest absolute Gasteiger partial charge is 0.478 e. The van der Waals surface area contributed by atoms with E-state index in [-0.39, 0.29) is 16.1 Å². The smallest absolute Gasteiger partial charge is 0.335 e. The number of carboxylic acids is 1. The molecule has 0 aliphatic rings. The van der Waals surface area contributed by atoms with E-state index in [1.54, 1.807) is 6.92 Å². The zero-order valence-corrected chi connectivity index (χ0v) is 14.8. The number of carbonyl (C=O) groups is 1. The van der Waals surface area contributed by atoms with Gasteiger partial charge in [0.05, 0.1) is 16.2 Å². The Hall–Kier alpha value is -2.43. The first kappa shape index (κ1) is 18.9. The van der Waals surface area contributed by atoms with Gasteiger partial charge in [-0.3, -0.25) is 4.72 Å². The van der Waals surface area contributed by atoms with Crippen LogP contribution in [-0.4, -0.2) is 27.9 Å². The number of primary sulfonamides is 1. The van der Waals surface area contributed by atoms with Crippen LogP contribution in [0.3, 0.4) is 0 Å². The van der Waals surface area contributed by atoms with Gasteiger partial charge in [0, 0.05) is 5.69 Å². The second-order valence-corrected chi connectivity index (χ2v) is 8.69. The summed E-state index contributed by atoms with van der Waals surface area (Å²) in [5, 5.41) is 14.1. The van der Waals surface area contributed by atoms with Crippen molar-refractivity contribution in [1.29, 1.82) is 0 Å². The second-order valence-electron chi connectivity index (χ2n) is 5.39. The third-order valence-corrected chi connectivity index (χ3v) is 5.41. The molecule has 0 aliphatic heterocycles. The van der Waals surface area contributed by atoms with Crippen molar-refractivity contribution in [2.45, 2.75) is 17.6 Å². The Labute approximate surface area is 145 Å². The Bertz CT molecular complexity index is 1030.